The van der Waals surface area contributed by atoms with Crippen LogP contribution in [0.2, 0.25) is 0 Å². The van der Waals surface area contributed by atoms with Crippen LogP contribution < -0.4 is 5.32 Å². The van der Waals surface area contributed by atoms with Gasteiger partial charge < -0.3 is 10.2 Å². The molecule has 1 aromatic carbocycles. The van der Waals surface area contributed by atoms with Crippen molar-refractivity contribution in [1.29, 1.82) is 0 Å². The minimum atomic E-state index is -0.132. The number of hydrogen-bond acceptors (Lipinski definition) is 4. The van der Waals surface area contributed by atoms with Gasteiger partial charge in [-0.15, -0.1) is 0 Å². The van der Waals surface area contributed by atoms with E-state index < -0.39 is 0 Å². The van der Waals surface area contributed by atoms with Gasteiger partial charge in [-0.3, -0.25) is 14.2 Å². The summed E-state index contributed by atoms with van der Waals surface area (Å²) in [5.41, 5.74) is 3.81. The number of aryl methyl sites for hydroxylation is 1. The van der Waals surface area contributed by atoms with Crippen LogP contribution in [-0.2, 0) is 26.2 Å². The van der Waals surface area contributed by atoms with Crippen molar-refractivity contribution in [2.24, 2.45) is 0 Å². The molecule has 0 saturated heterocycles. The molecule has 7 heteroatoms. The molecular weight excluding hydrogens is 340 g/mol. The monoisotopic (exact) mass is 364 g/mol. The van der Waals surface area contributed by atoms with Gasteiger partial charge in [-0.2, -0.15) is 10.2 Å². The third-order valence-electron chi connectivity index (χ3n) is 4.89. The first kappa shape index (κ1) is 17.5. The summed E-state index contributed by atoms with van der Waals surface area (Å²) in [5.74, 6) is -0.132. The number of carbonyl (C=O) groups is 1. The van der Waals surface area contributed by atoms with Gasteiger partial charge >= 0.3 is 0 Å². The summed E-state index contributed by atoms with van der Waals surface area (Å²) in [5, 5.41) is 11.8. The van der Waals surface area contributed by atoms with E-state index in [4.69, 9.17) is 0 Å². The fourth-order valence-corrected chi connectivity index (χ4v) is 3.45. The average Bonchev–Trinajstić information content (AvgIpc) is 3.28. The Morgan fingerprint density at radius 2 is 2.04 bits per heavy atom. The van der Waals surface area contributed by atoms with Crippen molar-refractivity contribution in [3.05, 3.63) is 71.3 Å². The highest BCUT2D eigenvalue weighted by molar-refractivity contribution is 5.92. The minimum absolute atomic E-state index is 0.132. The summed E-state index contributed by atoms with van der Waals surface area (Å²) >= 11 is 0. The van der Waals surface area contributed by atoms with E-state index in [1.165, 1.54) is 0 Å². The van der Waals surface area contributed by atoms with Gasteiger partial charge in [0.15, 0.2) is 5.69 Å². The van der Waals surface area contributed by atoms with Crippen molar-refractivity contribution in [3.8, 4) is 0 Å². The van der Waals surface area contributed by atoms with Crippen LogP contribution in [0, 0.1) is 0 Å². The first-order valence-corrected chi connectivity index (χ1v) is 9.27. The highest BCUT2D eigenvalue weighted by atomic mass is 16.1. The second-order valence-corrected chi connectivity index (χ2v) is 6.99. The largest absolute Gasteiger partial charge is 0.347 e. The second kappa shape index (κ2) is 7.75. The lowest BCUT2D eigenvalue weighted by atomic mass is 10.1. The van der Waals surface area contributed by atoms with Gasteiger partial charge in [0.05, 0.1) is 12.2 Å². The van der Waals surface area contributed by atoms with Gasteiger partial charge in [-0.1, -0.05) is 24.3 Å². The molecule has 0 saturated carbocycles. The van der Waals surface area contributed by atoms with Crippen LogP contribution in [0.15, 0.2) is 48.8 Å². The van der Waals surface area contributed by atoms with Crippen LogP contribution in [0.5, 0.6) is 0 Å². The van der Waals surface area contributed by atoms with Crippen molar-refractivity contribution in [2.45, 2.75) is 32.6 Å². The summed E-state index contributed by atoms with van der Waals surface area (Å²) in [7, 11) is 2.10. The van der Waals surface area contributed by atoms with Gasteiger partial charge in [-0.25, -0.2) is 0 Å². The van der Waals surface area contributed by atoms with Crippen LogP contribution in [0.25, 0.3) is 0 Å². The molecule has 0 radical (unpaired) electrons. The normalized spacial score (nSPS) is 14.6. The van der Waals surface area contributed by atoms with Crippen LogP contribution in [-0.4, -0.2) is 44.0 Å². The maximum atomic E-state index is 12.6. The number of nitrogens with one attached hydrogen (secondary N) is 1. The zero-order valence-corrected chi connectivity index (χ0v) is 15.5. The molecule has 3 heterocycles. The Kier molecular flexibility index (Phi) is 5.02. The molecule has 1 N–H and O–H groups in total. The van der Waals surface area contributed by atoms with E-state index in [-0.39, 0.29) is 5.91 Å². The molecule has 0 bridgehead atoms. The quantitative estimate of drug-likeness (QED) is 0.751. The molecule has 7 nitrogen and oxygen atoms in total. The molecule has 1 amide bonds. The molecule has 27 heavy (non-hydrogen) atoms. The molecule has 0 spiro atoms. The number of rotatable bonds is 5. The zero-order valence-electron chi connectivity index (χ0n) is 15.5. The Labute approximate surface area is 158 Å². The van der Waals surface area contributed by atoms with E-state index in [1.54, 1.807) is 6.20 Å². The standard InChI is InChI=1S/C20H24N6O/c1-24-9-5-11-26-18(15-24)12-19(23-26)20(27)21-13-16-6-2-3-7-17(16)14-25-10-4-8-22-25/h2-4,6-8,10,12H,5,9,11,13-15H2,1H3,(H,21,27). The van der Waals surface area contributed by atoms with Gasteiger partial charge in [0.2, 0.25) is 0 Å². The fraction of sp³-hybridized carbons (Fsp3) is 0.350. The zero-order chi connectivity index (χ0) is 18.6. The van der Waals surface area contributed by atoms with E-state index in [1.807, 2.05) is 45.9 Å². The highest BCUT2D eigenvalue weighted by Crippen LogP contribution is 2.14. The summed E-state index contributed by atoms with van der Waals surface area (Å²) < 4.78 is 3.84. The molecule has 0 unspecified atom stereocenters. The van der Waals surface area contributed by atoms with Crippen molar-refractivity contribution < 1.29 is 4.79 Å². The Balaban J connectivity index is 1.43. The summed E-state index contributed by atoms with van der Waals surface area (Å²) in [6.07, 6.45) is 4.75. The number of carbonyl (C=O) groups excluding carboxylic acids is 1. The molecule has 140 valence electrons. The molecule has 4 rings (SSSR count). The number of fused-ring (bicyclic) bond motifs is 1. The molecule has 3 aromatic rings. The van der Waals surface area contributed by atoms with Crippen molar-refractivity contribution in [3.63, 3.8) is 0 Å². The summed E-state index contributed by atoms with van der Waals surface area (Å²) in [4.78, 5) is 14.9. The van der Waals surface area contributed by atoms with Gasteiger partial charge in [0, 0.05) is 38.6 Å². The van der Waals surface area contributed by atoms with Crippen molar-refractivity contribution in [2.75, 3.05) is 13.6 Å². The van der Waals surface area contributed by atoms with Crippen molar-refractivity contribution >= 4 is 5.91 Å². The predicted octanol–water partition coefficient (Wildman–Crippen LogP) is 1.89. The third-order valence-corrected chi connectivity index (χ3v) is 4.89. The number of benzene rings is 1. The molecular formula is C20H24N6O. The Morgan fingerprint density at radius 3 is 2.85 bits per heavy atom. The number of nitrogens with zero attached hydrogens (tertiary/aromatic N) is 5. The first-order valence-electron chi connectivity index (χ1n) is 9.27. The van der Waals surface area contributed by atoms with E-state index in [0.717, 1.165) is 42.9 Å². The summed E-state index contributed by atoms with van der Waals surface area (Å²) in [6.45, 7) is 3.90. The molecule has 2 aromatic heterocycles. The minimum Gasteiger partial charge on any atom is -0.347 e. The van der Waals surface area contributed by atoms with E-state index >= 15 is 0 Å². The third kappa shape index (κ3) is 4.09. The van der Waals surface area contributed by atoms with E-state index in [0.29, 0.717) is 18.8 Å². The smallest absolute Gasteiger partial charge is 0.272 e. The average molecular weight is 364 g/mol. The van der Waals surface area contributed by atoms with Crippen molar-refractivity contribution in [1.82, 2.24) is 29.8 Å². The molecule has 0 aliphatic carbocycles. The highest BCUT2D eigenvalue weighted by Gasteiger charge is 2.18. The van der Waals surface area contributed by atoms with Crippen LogP contribution in [0.3, 0.4) is 0 Å². The lowest BCUT2D eigenvalue weighted by molar-refractivity contribution is 0.0945. The molecule has 0 atom stereocenters. The van der Waals surface area contributed by atoms with Gasteiger partial charge in [-0.05, 0) is 36.7 Å². The second-order valence-electron chi connectivity index (χ2n) is 6.99. The lowest BCUT2D eigenvalue weighted by Gasteiger charge is -2.11. The fourth-order valence-electron chi connectivity index (χ4n) is 3.45. The lowest BCUT2D eigenvalue weighted by Crippen LogP contribution is -2.24. The number of amides is 1. The van der Waals surface area contributed by atoms with E-state index in [2.05, 4.69) is 33.5 Å². The van der Waals surface area contributed by atoms with Crippen LogP contribution in [0.1, 0.15) is 33.7 Å². The summed E-state index contributed by atoms with van der Waals surface area (Å²) in [6, 6.07) is 11.9. The van der Waals surface area contributed by atoms with E-state index in [9.17, 15) is 4.79 Å². The molecule has 1 aliphatic heterocycles. The number of hydrogen-bond donors (Lipinski definition) is 1. The first-order chi connectivity index (χ1) is 13.2. The topological polar surface area (TPSA) is 68.0 Å². The maximum absolute atomic E-state index is 12.6. The maximum Gasteiger partial charge on any atom is 0.272 e. The Morgan fingerprint density at radius 1 is 1.19 bits per heavy atom. The Hall–Kier alpha value is -2.93. The van der Waals surface area contributed by atoms with Gasteiger partial charge in [0.1, 0.15) is 0 Å². The van der Waals surface area contributed by atoms with Gasteiger partial charge in [0.25, 0.3) is 5.91 Å². The SMILES string of the molecule is CN1CCCn2nc(C(=O)NCc3ccccc3Cn3cccn3)cc2C1. The van der Waals surface area contributed by atoms with Crippen LogP contribution in [0.4, 0.5) is 0 Å². The van der Waals surface area contributed by atoms with Crippen LogP contribution >= 0.6 is 0 Å². The molecule has 0 fully saturated rings. The predicted molar refractivity (Wildman–Crippen MR) is 102 cm³/mol. The molecule has 1 aliphatic rings. The number of aromatic nitrogens is 4. The Bertz CT molecular complexity index is 914.